The molecule has 0 amide bonds. The van der Waals surface area contributed by atoms with E-state index in [0.717, 1.165) is 0 Å². The summed E-state index contributed by atoms with van der Waals surface area (Å²) in [7, 11) is 1.25. The van der Waals surface area contributed by atoms with Gasteiger partial charge in [-0.25, -0.2) is 8.78 Å². The van der Waals surface area contributed by atoms with Crippen molar-refractivity contribution in [2.24, 2.45) is 0 Å². The van der Waals surface area contributed by atoms with Crippen molar-refractivity contribution < 1.29 is 23.0 Å². The standard InChI is InChI=1S/C16H14F2O3/c1-20-16(19)15(11-4-2-5-12(17)8-11)10-21-14-7-3-6-13(18)9-14/h2-9,15H,10H2,1H3. The number of hydrogen-bond acceptors (Lipinski definition) is 3. The van der Waals surface area contributed by atoms with Crippen molar-refractivity contribution in [2.45, 2.75) is 5.92 Å². The summed E-state index contributed by atoms with van der Waals surface area (Å²) in [4.78, 5) is 11.8. The van der Waals surface area contributed by atoms with Crippen LogP contribution in [0.2, 0.25) is 0 Å². The molecule has 0 aliphatic rings. The molecule has 0 heterocycles. The van der Waals surface area contributed by atoms with Crippen LogP contribution in [0, 0.1) is 11.6 Å². The van der Waals surface area contributed by atoms with E-state index in [1.807, 2.05) is 0 Å². The summed E-state index contributed by atoms with van der Waals surface area (Å²) in [6.07, 6.45) is 0. The molecular formula is C16H14F2O3. The summed E-state index contributed by atoms with van der Waals surface area (Å²) in [6.45, 7) is -0.0699. The van der Waals surface area contributed by atoms with Gasteiger partial charge in [-0.1, -0.05) is 18.2 Å². The maximum atomic E-state index is 13.3. The van der Waals surface area contributed by atoms with Crippen molar-refractivity contribution >= 4 is 5.97 Å². The second-order valence-corrected chi connectivity index (χ2v) is 4.40. The number of hydrogen-bond donors (Lipinski definition) is 0. The van der Waals surface area contributed by atoms with Gasteiger partial charge in [-0.05, 0) is 29.8 Å². The van der Waals surface area contributed by atoms with Gasteiger partial charge >= 0.3 is 5.97 Å². The molecule has 0 bridgehead atoms. The topological polar surface area (TPSA) is 35.5 Å². The number of rotatable bonds is 5. The van der Waals surface area contributed by atoms with Gasteiger partial charge in [0.2, 0.25) is 0 Å². The highest BCUT2D eigenvalue weighted by atomic mass is 19.1. The SMILES string of the molecule is COC(=O)C(COc1cccc(F)c1)c1cccc(F)c1. The second-order valence-electron chi connectivity index (χ2n) is 4.40. The fraction of sp³-hybridized carbons (Fsp3) is 0.188. The monoisotopic (exact) mass is 292 g/mol. The number of esters is 1. The molecule has 0 radical (unpaired) electrons. The molecule has 0 N–H and O–H groups in total. The van der Waals surface area contributed by atoms with Crippen LogP contribution in [0.15, 0.2) is 48.5 Å². The van der Waals surface area contributed by atoms with Crippen LogP contribution >= 0.6 is 0 Å². The van der Waals surface area contributed by atoms with Gasteiger partial charge in [0.1, 0.15) is 29.9 Å². The van der Waals surface area contributed by atoms with Crippen molar-refractivity contribution in [1.29, 1.82) is 0 Å². The zero-order valence-corrected chi connectivity index (χ0v) is 11.4. The zero-order valence-electron chi connectivity index (χ0n) is 11.4. The first-order valence-electron chi connectivity index (χ1n) is 6.32. The summed E-state index contributed by atoms with van der Waals surface area (Å²) in [6, 6.07) is 11.2. The van der Waals surface area contributed by atoms with Gasteiger partial charge in [-0.2, -0.15) is 0 Å². The number of carbonyl (C=O) groups excluding carboxylic acids is 1. The normalized spacial score (nSPS) is 11.8. The zero-order chi connectivity index (χ0) is 15.2. The summed E-state index contributed by atoms with van der Waals surface area (Å²) < 4.78 is 36.4. The Morgan fingerprint density at radius 2 is 1.76 bits per heavy atom. The lowest BCUT2D eigenvalue weighted by Crippen LogP contribution is -2.21. The van der Waals surface area contributed by atoms with E-state index in [1.54, 1.807) is 12.1 Å². The van der Waals surface area contributed by atoms with Crippen LogP contribution < -0.4 is 4.74 Å². The highest BCUT2D eigenvalue weighted by Crippen LogP contribution is 2.21. The Labute approximate surface area is 121 Å². The van der Waals surface area contributed by atoms with Gasteiger partial charge in [0, 0.05) is 6.07 Å². The van der Waals surface area contributed by atoms with E-state index in [4.69, 9.17) is 9.47 Å². The molecule has 2 aromatic carbocycles. The predicted molar refractivity (Wildman–Crippen MR) is 73.1 cm³/mol. The van der Waals surface area contributed by atoms with E-state index < -0.39 is 23.5 Å². The van der Waals surface area contributed by atoms with E-state index >= 15 is 0 Å². The fourth-order valence-electron chi connectivity index (χ4n) is 1.90. The minimum atomic E-state index is -0.783. The molecule has 0 saturated heterocycles. The maximum absolute atomic E-state index is 13.3. The molecule has 0 spiro atoms. The van der Waals surface area contributed by atoms with E-state index in [-0.39, 0.29) is 6.61 Å². The van der Waals surface area contributed by atoms with Gasteiger partial charge in [-0.3, -0.25) is 4.79 Å². The Kier molecular flexibility index (Phi) is 4.87. The Morgan fingerprint density at radius 1 is 1.10 bits per heavy atom. The fourth-order valence-corrected chi connectivity index (χ4v) is 1.90. The van der Waals surface area contributed by atoms with Gasteiger partial charge in [-0.15, -0.1) is 0 Å². The van der Waals surface area contributed by atoms with Crippen molar-refractivity contribution in [3.8, 4) is 5.75 Å². The van der Waals surface area contributed by atoms with Gasteiger partial charge in [0.15, 0.2) is 0 Å². The Balaban J connectivity index is 2.16. The number of methoxy groups -OCH3 is 1. The third kappa shape index (κ3) is 4.02. The van der Waals surface area contributed by atoms with Crippen LogP contribution in [0.25, 0.3) is 0 Å². The molecule has 21 heavy (non-hydrogen) atoms. The highest BCUT2D eigenvalue weighted by molar-refractivity contribution is 5.78. The van der Waals surface area contributed by atoms with Crippen molar-refractivity contribution in [3.05, 3.63) is 65.7 Å². The third-order valence-corrected chi connectivity index (χ3v) is 2.95. The maximum Gasteiger partial charge on any atom is 0.316 e. The average molecular weight is 292 g/mol. The Hall–Kier alpha value is -2.43. The van der Waals surface area contributed by atoms with Crippen LogP contribution in [0.3, 0.4) is 0 Å². The molecule has 3 nitrogen and oxygen atoms in total. The molecule has 0 aromatic heterocycles. The molecule has 0 saturated carbocycles. The third-order valence-electron chi connectivity index (χ3n) is 2.95. The van der Waals surface area contributed by atoms with Crippen LogP contribution in [0.4, 0.5) is 8.78 Å². The number of carbonyl (C=O) groups is 1. The Bertz CT molecular complexity index is 628. The minimum Gasteiger partial charge on any atom is -0.492 e. The van der Waals surface area contributed by atoms with Crippen molar-refractivity contribution in [2.75, 3.05) is 13.7 Å². The summed E-state index contributed by atoms with van der Waals surface area (Å²) in [5, 5.41) is 0. The van der Waals surface area contributed by atoms with Crippen LogP contribution in [0.1, 0.15) is 11.5 Å². The van der Waals surface area contributed by atoms with Gasteiger partial charge in [0.05, 0.1) is 7.11 Å². The summed E-state index contributed by atoms with van der Waals surface area (Å²) >= 11 is 0. The molecule has 0 aliphatic carbocycles. The highest BCUT2D eigenvalue weighted by Gasteiger charge is 2.23. The second kappa shape index (κ2) is 6.83. The molecule has 110 valence electrons. The quantitative estimate of drug-likeness (QED) is 0.793. The average Bonchev–Trinajstić information content (AvgIpc) is 2.47. The lowest BCUT2D eigenvalue weighted by atomic mass is 10.00. The molecule has 1 unspecified atom stereocenters. The lowest BCUT2D eigenvalue weighted by Gasteiger charge is -2.16. The van der Waals surface area contributed by atoms with E-state index in [9.17, 15) is 13.6 Å². The molecule has 0 aliphatic heterocycles. The number of ether oxygens (including phenoxy) is 2. The lowest BCUT2D eigenvalue weighted by molar-refractivity contribution is -0.143. The summed E-state index contributed by atoms with van der Waals surface area (Å²) in [5.74, 6) is -1.92. The molecule has 2 rings (SSSR count). The summed E-state index contributed by atoms with van der Waals surface area (Å²) in [5.41, 5.74) is 0.443. The van der Waals surface area contributed by atoms with Crippen molar-refractivity contribution in [1.82, 2.24) is 0 Å². The largest absolute Gasteiger partial charge is 0.492 e. The molecule has 2 aromatic rings. The number of halogens is 2. The van der Waals surface area contributed by atoms with Crippen LogP contribution in [-0.2, 0) is 9.53 Å². The number of benzene rings is 2. The molecule has 1 atom stereocenters. The molecule has 5 heteroatoms. The van der Waals surface area contributed by atoms with Gasteiger partial charge < -0.3 is 9.47 Å². The molecular weight excluding hydrogens is 278 g/mol. The first-order valence-corrected chi connectivity index (χ1v) is 6.32. The minimum absolute atomic E-state index is 0.0699. The van der Waals surface area contributed by atoms with E-state index in [1.165, 1.54) is 43.5 Å². The first kappa shape index (κ1) is 15.0. The Morgan fingerprint density at radius 3 is 2.38 bits per heavy atom. The first-order chi connectivity index (χ1) is 10.1. The van der Waals surface area contributed by atoms with Crippen molar-refractivity contribution in [3.63, 3.8) is 0 Å². The van der Waals surface area contributed by atoms with Gasteiger partial charge in [0.25, 0.3) is 0 Å². The smallest absolute Gasteiger partial charge is 0.316 e. The van der Waals surface area contributed by atoms with Crippen LogP contribution in [0.5, 0.6) is 5.75 Å². The van der Waals surface area contributed by atoms with Crippen LogP contribution in [-0.4, -0.2) is 19.7 Å². The predicted octanol–water partition coefficient (Wildman–Crippen LogP) is 3.30. The molecule has 0 fully saturated rings. The van der Waals surface area contributed by atoms with E-state index in [2.05, 4.69) is 0 Å². The van der Waals surface area contributed by atoms with E-state index in [0.29, 0.717) is 11.3 Å².